The molecule has 0 bridgehead atoms. The standard InChI is InChI=1S/C16H11Cl3O4/c1-9(16(21)23-22-15(20)4-5-17)10-2-3-11-7-13(18)14(19)8-12(11)6-10/h2-9H,1H3/b5-4+. The van der Waals surface area contributed by atoms with E-state index in [2.05, 4.69) is 9.78 Å². The summed E-state index contributed by atoms with van der Waals surface area (Å²) in [6.07, 6.45) is 0.918. The van der Waals surface area contributed by atoms with E-state index in [1.54, 1.807) is 31.2 Å². The first kappa shape index (κ1) is 17.6. The molecule has 23 heavy (non-hydrogen) atoms. The van der Waals surface area contributed by atoms with E-state index < -0.39 is 17.9 Å². The lowest BCUT2D eigenvalue weighted by atomic mass is 9.98. The molecule has 0 aliphatic rings. The lowest BCUT2D eigenvalue weighted by molar-refractivity contribution is -0.255. The fourth-order valence-electron chi connectivity index (χ4n) is 1.90. The highest BCUT2D eigenvalue weighted by atomic mass is 35.5. The maximum atomic E-state index is 11.9. The average Bonchev–Trinajstić information content (AvgIpc) is 2.53. The van der Waals surface area contributed by atoms with Gasteiger partial charge in [0.1, 0.15) is 0 Å². The van der Waals surface area contributed by atoms with Crippen LogP contribution < -0.4 is 0 Å². The van der Waals surface area contributed by atoms with Crippen LogP contribution in [0.25, 0.3) is 10.8 Å². The molecule has 2 rings (SSSR count). The van der Waals surface area contributed by atoms with Crippen molar-refractivity contribution >= 4 is 57.5 Å². The number of fused-ring (bicyclic) bond motifs is 1. The molecule has 0 aliphatic heterocycles. The summed E-state index contributed by atoms with van der Waals surface area (Å²) in [6.45, 7) is 1.63. The number of halogens is 3. The molecule has 1 atom stereocenters. The van der Waals surface area contributed by atoms with Crippen molar-refractivity contribution in [3.8, 4) is 0 Å². The SMILES string of the molecule is CC(C(=O)OOC(=O)/C=C/Cl)c1ccc2cc(Cl)c(Cl)cc2c1. The average molecular weight is 374 g/mol. The molecule has 0 spiro atoms. The Hall–Kier alpha value is -1.75. The molecule has 0 radical (unpaired) electrons. The first-order chi connectivity index (χ1) is 10.9. The number of carbonyl (C=O) groups is 2. The number of carbonyl (C=O) groups excluding carboxylic acids is 2. The van der Waals surface area contributed by atoms with Crippen LogP contribution in [-0.4, -0.2) is 11.9 Å². The molecule has 1 unspecified atom stereocenters. The first-order valence-electron chi connectivity index (χ1n) is 6.50. The van der Waals surface area contributed by atoms with E-state index in [0.29, 0.717) is 15.6 Å². The van der Waals surface area contributed by atoms with E-state index in [-0.39, 0.29) is 0 Å². The summed E-state index contributed by atoms with van der Waals surface area (Å²) in [4.78, 5) is 31.8. The Morgan fingerprint density at radius 1 is 1.04 bits per heavy atom. The van der Waals surface area contributed by atoms with Gasteiger partial charge in [-0.25, -0.2) is 19.4 Å². The fraction of sp³-hybridized carbons (Fsp3) is 0.125. The predicted octanol–water partition coefficient (Wildman–Crippen LogP) is 5.00. The van der Waals surface area contributed by atoms with E-state index in [9.17, 15) is 9.59 Å². The minimum atomic E-state index is -0.875. The van der Waals surface area contributed by atoms with Crippen LogP contribution in [0.3, 0.4) is 0 Å². The van der Waals surface area contributed by atoms with Gasteiger partial charge in [0, 0.05) is 11.6 Å². The quantitative estimate of drug-likeness (QED) is 0.431. The normalized spacial score (nSPS) is 12.3. The van der Waals surface area contributed by atoms with Gasteiger partial charge in [-0.3, -0.25) is 0 Å². The number of benzene rings is 2. The number of rotatable bonds is 3. The van der Waals surface area contributed by atoms with Gasteiger partial charge < -0.3 is 0 Å². The monoisotopic (exact) mass is 372 g/mol. The Bertz CT molecular complexity index is 786. The van der Waals surface area contributed by atoms with Crippen molar-refractivity contribution < 1.29 is 19.4 Å². The molecule has 7 heteroatoms. The Balaban J connectivity index is 2.17. The van der Waals surface area contributed by atoms with Crippen LogP contribution in [0.4, 0.5) is 0 Å². The topological polar surface area (TPSA) is 52.6 Å². The minimum Gasteiger partial charge on any atom is -0.247 e. The molecule has 0 fully saturated rings. The van der Waals surface area contributed by atoms with E-state index in [1.165, 1.54) is 0 Å². The summed E-state index contributed by atoms with van der Waals surface area (Å²) in [5.74, 6) is -2.22. The van der Waals surface area contributed by atoms with E-state index >= 15 is 0 Å². The number of hydrogen-bond acceptors (Lipinski definition) is 4. The molecule has 2 aromatic rings. The zero-order chi connectivity index (χ0) is 17.0. The van der Waals surface area contributed by atoms with Crippen LogP contribution in [0.1, 0.15) is 18.4 Å². The zero-order valence-corrected chi connectivity index (χ0v) is 14.2. The third kappa shape index (κ3) is 4.38. The summed E-state index contributed by atoms with van der Waals surface area (Å²) >= 11 is 17.2. The lowest BCUT2D eigenvalue weighted by Crippen LogP contribution is -2.15. The van der Waals surface area contributed by atoms with E-state index in [0.717, 1.165) is 22.4 Å². The maximum Gasteiger partial charge on any atom is 0.380 e. The number of hydrogen-bond donors (Lipinski definition) is 0. The second-order valence-corrected chi connectivity index (χ2v) is 5.76. The third-order valence-corrected chi connectivity index (χ3v) is 4.01. The van der Waals surface area contributed by atoms with Crippen molar-refractivity contribution in [1.82, 2.24) is 0 Å². The summed E-state index contributed by atoms with van der Waals surface area (Å²) in [6, 6.07) is 8.83. The smallest absolute Gasteiger partial charge is 0.247 e. The van der Waals surface area contributed by atoms with Crippen molar-refractivity contribution in [2.75, 3.05) is 0 Å². The fourth-order valence-corrected chi connectivity index (χ4v) is 2.35. The van der Waals surface area contributed by atoms with Crippen molar-refractivity contribution in [2.24, 2.45) is 0 Å². The Morgan fingerprint density at radius 2 is 1.70 bits per heavy atom. The highest BCUT2D eigenvalue weighted by Crippen LogP contribution is 2.30. The van der Waals surface area contributed by atoms with Gasteiger partial charge in [-0.2, -0.15) is 0 Å². The Kier molecular flexibility index (Phi) is 5.88. The molecule has 0 amide bonds. The van der Waals surface area contributed by atoms with Gasteiger partial charge >= 0.3 is 11.9 Å². The summed E-state index contributed by atoms with van der Waals surface area (Å²) < 4.78 is 0. The molecule has 0 saturated heterocycles. The third-order valence-electron chi connectivity index (χ3n) is 3.16. The van der Waals surface area contributed by atoms with E-state index in [4.69, 9.17) is 34.8 Å². The molecular formula is C16H11Cl3O4. The van der Waals surface area contributed by atoms with Crippen LogP contribution in [0.15, 0.2) is 41.9 Å². The largest absolute Gasteiger partial charge is 0.380 e. The van der Waals surface area contributed by atoms with Crippen molar-refractivity contribution in [3.63, 3.8) is 0 Å². The molecule has 0 aliphatic carbocycles. The summed E-state index contributed by atoms with van der Waals surface area (Å²) in [5, 5.41) is 2.60. The molecule has 0 N–H and O–H groups in total. The second-order valence-electron chi connectivity index (χ2n) is 4.69. The minimum absolute atomic E-state index is 0.424. The Labute approximate surface area is 147 Å². The van der Waals surface area contributed by atoms with Gasteiger partial charge in [-0.1, -0.05) is 53.0 Å². The molecule has 2 aromatic carbocycles. The first-order valence-corrected chi connectivity index (χ1v) is 7.69. The summed E-state index contributed by atoms with van der Waals surface area (Å²) in [7, 11) is 0. The zero-order valence-electron chi connectivity index (χ0n) is 11.9. The second kappa shape index (κ2) is 7.68. The molecular weight excluding hydrogens is 363 g/mol. The molecule has 0 heterocycles. The van der Waals surface area contributed by atoms with Crippen LogP contribution in [0, 0.1) is 0 Å². The molecule has 0 aromatic heterocycles. The van der Waals surface area contributed by atoms with Crippen molar-refractivity contribution in [2.45, 2.75) is 12.8 Å². The van der Waals surface area contributed by atoms with Gasteiger partial charge in [-0.05, 0) is 35.4 Å². The van der Waals surface area contributed by atoms with Gasteiger partial charge in [0.05, 0.1) is 16.0 Å². The van der Waals surface area contributed by atoms with Crippen LogP contribution >= 0.6 is 34.8 Å². The summed E-state index contributed by atoms with van der Waals surface area (Å²) in [5.41, 5.74) is 1.64. The van der Waals surface area contributed by atoms with E-state index in [1.807, 2.05) is 6.07 Å². The van der Waals surface area contributed by atoms with Gasteiger partial charge in [0.2, 0.25) is 0 Å². The lowest BCUT2D eigenvalue weighted by Gasteiger charge is -2.11. The maximum absolute atomic E-state index is 11.9. The predicted molar refractivity (Wildman–Crippen MR) is 89.6 cm³/mol. The molecule has 4 nitrogen and oxygen atoms in total. The van der Waals surface area contributed by atoms with Crippen LogP contribution in [0.5, 0.6) is 0 Å². The highest BCUT2D eigenvalue weighted by Gasteiger charge is 2.20. The van der Waals surface area contributed by atoms with Crippen LogP contribution in [0.2, 0.25) is 10.0 Å². The van der Waals surface area contributed by atoms with Crippen LogP contribution in [-0.2, 0) is 19.4 Å². The van der Waals surface area contributed by atoms with Crippen molar-refractivity contribution in [1.29, 1.82) is 0 Å². The van der Waals surface area contributed by atoms with Gasteiger partial charge in [-0.15, -0.1) is 0 Å². The molecule has 0 saturated carbocycles. The Morgan fingerprint density at radius 3 is 2.35 bits per heavy atom. The molecule has 120 valence electrons. The van der Waals surface area contributed by atoms with Crippen molar-refractivity contribution in [3.05, 3.63) is 57.6 Å². The highest BCUT2D eigenvalue weighted by molar-refractivity contribution is 6.42. The van der Waals surface area contributed by atoms with Gasteiger partial charge in [0.15, 0.2) is 0 Å². The van der Waals surface area contributed by atoms with Gasteiger partial charge in [0.25, 0.3) is 0 Å².